The number of nitrogens with one attached hydrogen (secondary N) is 1. The van der Waals surface area contributed by atoms with Gasteiger partial charge in [-0.05, 0) is 36.8 Å². The smallest absolute Gasteiger partial charge is 0.241 e. The van der Waals surface area contributed by atoms with Crippen LogP contribution in [0.15, 0.2) is 23.1 Å². The zero-order valence-corrected chi connectivity index (χ0v) is 13.6. The number of nitrogens with two attached hydrogens (primary N) is 1. The summed E-state index contributed by atoms with van der Waals surface area (Å²) in [5.74, 6) is -0.0277. The second-order valence-corrected chi connectivity index (χ2v) is 7.74. The first-order chi connectivity index (χ1) is 9.74. The maximum absolute atomic E-state index is 13.8. The quantitative estimate of drug-likeness (QED) is 0.830. The highest BCUT2D eigenvalue weighted by Crippen LogP contribution is 2.32. The lowest BCUT2D eigenvalue weighted by Crippen LogP contribution is -2.38. The minimum Gasteiger partial charge on any atom is -0.389 e. The largest absolute Gasteiger partial charge is 0.389 e. The van der Waals surface area contributed by atoms with Crippen molar-refractivity contribution in [1.29, 1.82) is 0 Å². The average Bonchev–Trinajstić information content (AvgIpc) is 2.69. The molecule has 1 aliphatic carbocycles. The van der Waals surface area contributed by atoms with Gasteiger partial charge >= 0.3 is 0 Å². The van der Waals surface area contributed by atoms with Crippen molar-refractivity contribution in [3.8, 4) is 0 Å². The number of thiocarbonyl (C=S) groups is 1. The van der Waals surface area contributed by atoms with E-state index in [9.17, 15) is 12.8 Å². The summed E-state index contributed by atoms with van der Waals surface area (Å²) in [5.41, 5.74) is 5.25. The standard InChI is InChI=1S/C14H19FN2O2S2/c1-8-6-7-11(9(8)2)17-21(18,19)12-5-3-4-10(15)13(12)14(16)20/h3-5,8-9,11,17H,6-7H2,1-2H3,(H2,16,20). The molecule has 0 spiro atoms. The van der Waals surface area contributed by atoms with E-state index < -0.39 is 15.8 Å². The zero-order chi connectivity index (χ0) is 15.8. The van der Waals surface area contributed by atoms with E-state index in [2.05, 4.69) is 11.6 Å². The molecule has 1 saturated carbocycles. The van der Waals surface area contributed by atoms with Gasteiger partial charge in [0, 0.05) is 6.04 Å². The van der Waals surface area contributed by atoms with E-state index in [4.69, 9.17) is 18.0 Å². The Hall–Kier alpha value is -1.05. The van der Waals surface area contributed by atoms with E-state index >= 15 is 0 Å². The third-order valence-electron chi connectivity index (χ3n) is 4.28. The third-order valence-corrected chi connectivity index (χ3v) is 6.02. The van der Waals surface area contributed by atoms with Crippen molar-refractivity contribution in [3.63, 3.8) is 0 Å². The summed E-state index contributed by atoms with van der Waals surface area (Å²) >= 11 is 4.78. The van der Waals surface area contributed by atoms with Crippen LogP contribution >= 0.6 is 12.2 Å². The van der Waals surface area contributed by atoms with Crippen molar-refractivity contribution in [1.82, 2.24) is 4.72 Å². The van der Waals surface area contributed by atoms with Crippen LogP contribution in [0, 0.1) is 17.7 Å². The van der Waals surface area contributed by atoms with Gasteiger partial charge in [-0.25, -0.2) is 17.5 Å². The normalized spacial score (nSPS) is 26.0. The zero-order valence-electron chi connectivity index (χ0n) is 12.0. The Morgan fingerprint density at radius 1 is 1.38 bits per heavy atom. The molecule has 1 aromatic carbocycles. The van der Waals surface area contributed by atoms with E-state index in [1.54, 1.807) is 0 Å². The molecule has 116 valence electrons. The van der Waals surface area contributed by atoms with Crippen LogP contribution in [0.3, 0.4) is 0 Å². The SMILES string of the molecule is CC1CCC(NS(=O)(=O)c2cccc(F)c2C(N)=S)C1C. The van der Waals surface area contributed by atoms with Gasteiger partial charge in [0.15, 0.2) is 0 Å². The van der Waals surface area contributed by atoms with Gasteiger partial charge in [0.05, 0.1) is 10.5 Å². The number of sulfonamides is 1. The molecule has 1 aliphatic rings. The van der Waals surface area contributed by atoms with Gasteiger partial charge in [-0.1, -0.05) is 32.1 Å². The topological polar surface area (TPSA) is 72.2 Å². The minimum atomic E-state index is -3.86. The van der Waals surface area contributed by atoms with Crippen LogP contribution < -0.4 is 10.5 Å². The fraction of sp³-hybridized carbons (Fsp3) is 0.500. The lowest BCUT2D eigenvalue weighted by molar-refractivity contribution is 0.402. The van der Waals surface area contributed by atoms with Crippen LogP contribution in [-0.4, -0.2) is 19.4 Å². The molecule has 3 N–H and O–H groups in total. The maximum atomic E-state index is 13.8. The highest BCUT2D eigenvalue weighted by atomic mass is 32.2. The maximum Gasteiger partial charge on any atom is 0.241 e. The average molecular weight is 330 g/mol. The molecule has 0 radical (unpaired) electrons. The summed E-state index contributed by atoms with van der Waals surface area (Å²) in [6.07, 6.45) is 1.75. The predicted octanol–water partition coefficient (Wildman–Crippen LogP) is 2.17. The fourth-order valence-electron chi connectivity index (χ4n) is 2.76. The lowest BCUT2D eigenvalue weighted by Gasteiger charge is -2.20. The molecule has 3 atom stereocenters. The molecule has 0 bridgehead atoms. The molecule has 2 rings (SSSR count). The second-order valence-electron chi connectivity index (χ2n) is 5.62. The summed E-state index contributed by atoms with van der Waals surface area (Å²) in [6.45, 7) is 4.12. The van der Waals surface area contributed by atoms with Gasteiger partial charge in [0.1, 0.15) is 10.8 Å². The van der Waals surface area contributed by atoms with Crippen molar-refractivity contribution in [3.05, 3.63) is 29.6 Å². The summed E-state index contributed by atoms with van der Waals surface area (Å²) < 4.78 is 41.5. The molecule has 21 heavy (non-hydrogen) atoms. The Morgan fingerprint density at radius 3 is 2.57 bits per heavy atom. The van der Waals surface area contributed by atoms with Gasteiger partial charge in [0.25, 0.3) is 0 Å². The predicted molar refractivity (Wildman–Crippen MR) is 84.0 cm³/mol. The number of halogens is 1. The molecule has 4 nitrogen and oxygen atoms in total. The van der Waals surface area contributed by atoms with Gasteiger partial charge in [0.2, 0.25) is 10.0 Å². The van der Waals surface area contributed by atoms with Gasteiger partial charge in [-0.15, -0.1) is 0 Å². The van der Waals surface area contributed by atoms with Gasteiger partial charge in [-0.2, -0.15) is 0 Å². The highest BCUT2D eigenvalue weighted by Gasteiger charge is 2.34. The second kappa shape index (κ2) is 5.98. The first kappa shape index (κ1) is 16.3. The number of hydrogen-bond acceptors (Lipinski definition) is 3. The minimum absolute atomic E-state index is 0.146. The summed E-state index contributed by atoms with van der Waals surface area (Å²) in [4.78, 5) is -0.455. The Labute approximate surface area is 130 Å². The molecule has 7 heteroatoms. The Bertz CT molecular complexity index is 661. The molecule has 3 unspecified atom stereocenters. The van der Waals surface area contributed by atoms with Crippen LogP contribution in [0.1, 0.15) is 32.3 Å². The van der Waals surface area contributed by atoms with E-state index in [1.807, 2.05) is 6.92 Å². The van der Waals surface area contributed by atoms with E-state index in [0.717, 1.165) is 18.9 Å². The molecular weight excluding hydrogens is 311 g/mol. The molecule has 0 aliphatic heterocycles. The molecule has 1 aromatic rings. The van der Waals surface area contributed by atoms with E-state index in [-0.39, 0.29) is 27.4 Å². The van der Waals surface area contributed by atoms with Crippen LogP contribution in [-0.2, 0) is 10.0 Å². The van der Waals surface area contributed by atoms with Crippen LogP contribution in [0.2, 0.25) is 0 Å². The van der Waals surface area contributed by atoms with Gasteiger partial charge in [-0.3, -0.25) is 0 Å². The van der Waals surface area contributed by atoms with Crippen LogP contribution in [0.25, 0.3) is 0 Å². The molecule has 0 aromatic heterocycles. The number of benzene rings is 1. The molecule has 1 fully saturated rings. The third kappa shape index (κ3) is 3.25. The van der Waals surface area contributed by atoms with Crippen molar-refractivity contribution >= 4 is 27.2 Å². The highest BCUT2D eigenvalue weighted by molar-refractivity contribution is 7.89. The monoisotopic (exact) mass is 330 g/mol. The lowest BCUT2D eigenvalue weighted by atomic mass is 9.98. The fourth-order valence-corrected chi connectivity index (χ4v) is 4.63. The summed E-state index contributed by atoms with van der Waals surface area (Å²) in [5, 5.41) is 0. The molecule has 0 saturated heterocycles. The first-order valence-electron chi connectivity index (χ1n) is 6.84. The summed E-state index contributed by atoms with van der Waals surface area (Å²) in [6, 6.07) is 3.66. The Kier molecular flexibility index (Phi) is 4.65. The van der Waals surface area contributed by atoms with Crippen molar-refractivity contribution in [2.75, 3.05) is 0 Å². The molecular formula is C14H19FN2O2S2. The van der Waals surface area contributed by atoms with Gasteiger partial charge < -0.3 is 5.73 Å². The van der Waals surface area contributed by atoms with E-state index in [1.165, 1.54) is 12.1 Å². The van der Waals surface area contributed by atoms with Crippen molar-refractivity contribution < 1.29 is 12.8 Å². The number of hydrogen-bond donors (Lipinski definition) is 2. The Morgan fingerprint density at radius 2 is 2.05 bits per heavy atom. The van der Waals surface area contributed by atoms with Crippen molar-refractivity contribution in [2.24, 2.45) is 17.6 Å². The molecule has 0 amide bonds. The molecule has 0 heterocycles. The Balaban J connectivity index is 2.37. The number of rotatable bonds is 4. The van der Waals surface area contributed by atoms with Crippen LogP contribution in [0.5, 0.6) is 0 Å². The summed E-state index contributed by atoms with van der Waals surface area (Å²) in [7, 11) is -3.86. The van der Waals surface area contributed by atoms with E-state index in [0.29, 0.717) is 5.92 Å². The van der Waals surface area contributed by atoms with Crippen LogP contribution in [0.4, 0.5) is 4.39 Å². The first-order valence-corrected chi connectivity index (χ1v) is 8.74. The van der Waals surface area contributed by atoms with Crippen molar-refractivity contribution in [2.45, 2.75) is 37.6 Å².